The van der Waals surface area contributed by atoms with E-state index in [1.807, 2.05) is 24.1 Å². The Bertz CT molecular complexity index is 1390. The summed E-state index contributed by atoms with van der Waals surface area (Å²) in [4.78, 5) is 38.4. The lowest BCUT2D eigenvalue weighted by molar-refractivity contribution is 0.0854. The molecular weight excluding hydrogens is 540 g/mol. The topological polar surface area (TPSA) is 122 Å². The maximum Gasteiger partial charge on any atom is 0.320 e. The lowest BCUT2D eigenvalue weighted by Gasteiger charge is -2.44. The molecule has 2 aromatic rings. The molecule has 1 atom stereocenters. The lowest BCUT2D eigenvalue weighted by atomic mass is 9.73. The van der Waals surface area contributed by atoms with Crippen LogP contribution in [-0.4, -0.2) is 90.0 Å². The number of urea groups is 1. The zero-order chi connectivity index (χ0) is 30.1. The Morgan fingerprint density at radius 2 is 1.79 bits per heavy atom. The summed E-state index contributed by atoms with van der Waals surface area (Å²) in [6, 6.07) is 11.7. The predicted molar refractivity (Wildman–Crippen MR) is 168 cm³/mol. The van der Waals surface area contributed by atoms with Crippen LogP contribution in [0, 0.1) is 11.3 Å². The van der Waals surface area contributed by atoms with Gasteiger partial charge in [-0.3, -0.25) is 4.79 Å². The molecule has 10 heteroatoms. The Labute approximate surface area is 254 Å². The number of nitrogens with zero attached hydrogens (tertiary/aromatic N) is 6. The highest BCUT2D eigenvalue weighted by Gasteiger charge is 2.39. The number of carbonyl (C=O) groups is 2. The maximum absolute atomic E-state index is 12.7. The number of benzene rings is 1. The number of primary amides is 1. The van der Waals surface area contributed by atoms with E-state index in [2.05, 4.69) is 45.2 Å². The number of rotatable bonds is 8. The molecule has 0 spiro atoms. The molecule has 228 valence electrons. The predicted octanol–water partition coefficient (Wildman–Crippen LogP) is 4.23. The summed E-state index contributed by atoms with van der Waals surface area (Å²) < 4.78 is 0. The fraction of sp³-hybridized carbons (Fsp3) is 0.576. The molecule has 1 saturated carbocycles. The molecule has 3 saturated heterocycles. The van der Waals surface area contributed by atoms with E-state index in [1.165, 1.54) is 19.3 Å². The van der Waals surface area contributed by atoms with Gasteiger partial charge in [0.1, 0.15) is 0 Å². The first-order chi connectivity index (χ1) is 20.8. The number of hydrogen-bond acceptors (Lipinski definition) is 7. The molecule has 1 aromatic carbocycles. The molecule has 1 unspecified atom stereocenters. The van der Waals surface area contributed by atoms with Crippen LogP contribution in [0.4, 0.5) is 21.9 Å². The van der Waals surface area contributed by atoms with Crippen LogP contribution in [-0.2, 0) is 11.8 Å². The van der Waals surface area contributed by atoms with Crippen molar-refractivity contribution in [3.63, 3.8) is 0 Å². The number of nitriles is 1. The number of aromatic nitrogens is 1. The van der Waals surface area contributed by atoms with Gasteiger partial charge in [0.2, 0.25) is 0 Å². The third kappa shape index (κ3) is 5.51. The summed E-state index contributed by atoms with van der Waals surface area (Å²) in [5.41, 5.74) is 10.0. The molecule has 4 aliphatic rings. The first-order valence-corrected chi connectivity index (χ1v) is 15.9. The number of nitrogens with one attached hydrogen (secondary N) is 1. The Morgan fingerprint density at radius 3 is 2.37 bits per heavy atom. The number of likely N-dealkylation sites (N-methyl/N-ethyl adjacent to an activating group) is 1. The minimum Gasteiger partial charge on any atom is -0.368 e. The van der Waals surface area contributed by atoms with Gasteiger partial charge >= 0.3 is 6.03 Å². The van der Waals surface area contributed by atoms with Gasteiger partial charge in [0.15, 0.2) is 5.69 Å². The fourth-order valence-electron chi connectivity index (χ4n) is 7.43. The minimum absolute atomic E-state index is 0.0951. The van der Waals surface area contributed by atoms with Crippen molar-refractivity contribution in [2.24, 2.45) is 5.73 Å². The van der Waals surface area contributed by atoms with Gasteiger partial charge in [-0.15, -0.1) is 0 Å². The number of pyridine rings is 1. The number of hydrogen-bond donors (Lipinski definition) is 2. The Hall–Kier alpha value is -3.84. The molecule has 3 N–H and O–H groups in total. The van der Waals surface area contributed by atoms with Crippen LogP contribution in [0.25, 0.3) is 0 Å². The van der Waals surface area contributed by atoms with Gasteiger partial charge in [0.05, 0.1) is 35.1 Å². The maximum atomic E-state index is 12.7. The van der Waals surface area contributed by atoms with Crippen LogP contribution in [0.15, 0.2) is 30.5 Å². The summed E-state index contributed by atoms with van der Waals surface area (Å²) in [7, 11) is 1.86. The second-order valence-corrected chi connectivity index (χ2v) is 12.7. The molecule has 1 aromatic heterocycles. The smallest absolute Gasteiger partial charge is 0.320 e. The number of carbonyl (C=O) groups excluding carboxylic acids is 2. The van der Waals surface area contributed by atoms with E-state index in [4.69, 9.17) is 5.73 Å². The number of anilines is 3. The first kappa shape index (κ1) is 29.2. The van der Waals surface area contributed by atoms with Crippen LogP contribution >= 0.6 is 0 Å². The highest BCUT2D eigenvalue weighted by atomic mass is 16.2. The number of nitrogens with two attached hydrogens (primary N) is 1. The van der Waals surface area contributed by atoms with Crippen LogP contribution in [0.5, 0.6) is 0 Å². The third-order valence-corrected chi connectivity index (χ3v) is 10.3. The minimum atomic E-state index is -0.579. The van der Waals surface area contributed by atoms with Gasteiger partial charge in [0.25, 0.3) is 5.91 Å². The fourth-order valence-corrected chi connectivity index (χ4v) is 7.43. The quantitative estimate of drug-likeness (QED) is 0.476. The zero-order valence-corrected chi connectivity index (χ0v) is 25.5. The Balaban J connectivity index is 1.23. The van der Waals surface area contributed by atoms with Crippen molar-refractivity contribution in [1.29, 1.82) is 5.26 Å². The van der Waals surface area contributed by atoms with Gasteiger partial charge in [-0.05, 0) is 62.6 Å². The summed E-state index contributed by atoms with van der Waals surface area (Å²) in [6.45, 7) is 7.11. The van der Waals surface area contributed by atoms with Crippen molar-refractivity contribution in [3.05, 3.63) is 47.3 Å². The van der Waals surface area contributed by atoms with Gasteiger partial charge in [-0.25, -0.2) is 9.78 Å². The molecule has 3 amide bonds. The summed E-state index contributed by atoms with van der Waals surface area (Å²) in [5.74, 6) is -0.579. The van der Waals surface area contributed by atoms with E-state index in [1.54, 1.807) is 11.1 Å². The highest BCUT2D eigenvalue weighted by molar-refractivity contribution is 5.99. The van der Waals surface area contributed by atoms with Gasteiger partial charge < -0.3 is 30.7 Å². The summed E-state index contributed by atoms with van der Waals surface area (Å²) >= 11 is 0. The largest absolute Gasteiger partial charge is 0.368 e. The number of amides is 3. The average Bonchev–Trinajstić information content (AvgIpc) is 3.34. The Kier molecular flexibility index (Phi) is 8.19. The molecule has 0 bridgehead atoms. The molecule has 6 rings (SSSR count). The normalized spacial score (nSPS) is 22.8. The number of likely N-dealkylation sites (tertiary alicyclic amines) is 1. The summed E-state index contributed by atoms with van der Waals surface area (Å²) in [5, 5.41) is 13.7. The van der Waals surface area contributed by atoms with E-state index in [0.29, 0.717) is 18.2 Å². The van der Waals surface area contributed by atoms with E-state index in [-0.39, 0.29) is 17.8 Å². The lowest BCUT2D eigenvalue weighted by Crippen LogP contribution is -2.49. The van der Waals surface area contributed by atoms with Crippen molar-refractivity contribution in [3.8, 4) is 6.07 Å². The van der Waals surface area contributed by atoms with E-state index >= 15 is 0 Å². The van der Waals surface area contributed by atoms with Crippen molar-refractivity contribution in [2.45, 2.75) is 75.8 Å². The molecule has 4 heterocycles. The molecule has 43 heavy (non-hydrogen) atoms. The summed E-state index contributed by atoms with van der Waals surface area (Å²) in [6.07, 6.45) is 9.99. The zero-order valence-electron chi connectivity index (χ0n) is 25.5. The van der Waals surface area contributed by atoms with Crippen molar-refractivity contribution in [1.82, 2.24) is 19.7 Å². The second-order valence-electron chi connectivity index (χ2n) is 12.7. The molecule has 0 radical (unpaired) electrons. The molecular formula is C33H44N8O2. The standard InChI is InChI=1S/C33H44N8O2/c1-3-27-28(40-15-5-8-26(21-40)41-19-18-38(2)32(41)43)20-36-30(31(35)42)29(27)37-24-11-9-23(10-12-24)33(22-34)13-16-39(17-14-33)25-6-4-7-25/h9-12,20,25-26,37H,3-8,13-19,21H2,1-2H3,(H2,35,42). The monoisotopic (exact) mass is 584 g/mol. The highest BCUT2D eigenvalue weighted by Crippen LogP contribution is 2.39. The van der Waals surface area contributed by atoms with Crippen molar-refractivity contribution < 1.29 is 9.59 Å². The SMILES string of the molecule is CCc1c(N2CCCC(N3CCN(C)C3=O)C2)cnc(C(N)=O)c1Nc1ccc(C2(C#N)CCN(C3CCC3)CC2)cc1. The third-order valence-electron chi connectivity index (χ3n) is 10.3. The molecule has 10 nitrogen and oxygen atoms in total. The van der Waals surface area contributed by atoms with Crippen LogP contribution in [0.3, 0.4) is 0 Å². The average molecular weight is 585 g/mol. The molecule has 1 aliphatic carbocycles. The van der Waals surface area contributed by atoms with Gasteiger partial charge in [-0.1, -0.05) is 25.5 Å². The number of piperidine rings is 2. The van der Waals surface area contributed by atoms with E-state index in [9.17, 15) is 14.9 Å². The molecule has 3 aliphatic heterocycles. The van der Waals surface area contributed by atoms with Gasteiger partial charge in [0, 0.05) is 63.6 Å². The van der Waals surface area contributed by atoms with Crippen LogP contribution < -0.4 is 16.0 Å². The van der Waals surface area contributed by atoms with E-state index in [0.717, 1.165) is 87.5 Å². The van der Waals surface area contributed by atoms with Gasteiger partial charge in [-0.2, -0.15) is 5.26 Å². The van der Waals surface area contributed by atoms with Crippen molar-refractivity contribution >= 4 is 29.0 Å². The van der Waals surface area contributed by atoms with Crippen LogP contribution in [0.1, 0.15) is 73.5 Å². The Morgan fingerprint density at radius 1 is 1.07 bits per heavy atom. The van der Waals surface area contributed by atoms with E-state index < -0.39 is 11.3 Å². The van der Waals surface area contributed by atoms with Crippen LogP contribution in [0.2, 0.25) is 0 Å². The second kappa shape index (κ2) is 12.0. The first-order valence-electron chi connectivity index (χ1n) is 15.9. The molecule has 4 fully saturated rings. The van der Waals surface area contributed by atoms with Crippen molar-refractivity contribution in [2.75, 3.05) is 56.5 Å².